The van der Waals surface area contributed by atoms with Gasteiger partial charge in [-0.2, -0.15) is 9.61 Å². The number of amides is 2. The number of benzene rings is 2. The SMILES string of the molecule is CC(=O)Nc1ccc(C(=O)N2CCC(Nc3cc(-c4ccccc4Cl)nc4c(Br)cnn34)CC2)cc1. The third-order valence-corrected chi connectivity index (χ3v) is 7.05. The Hall–Kier alpha value is -3.43. The monoisotopic (exact) mass is 566 g/mol. The number of piperidine rings is 1. The maximum Gasteiger partial charge on any atom is 0.253 e. The van der Waals surface area contributed by atoms with Crippen molar-refractivity contribution in [1.29, 1.82) is 0 Å². The van der Waals surface area contributed by atoms with Gasteiger partial charge in [-0.1, -0.05) is 29.8 Å². The Kier molecular flexibility index (Phi) is 6.93. The van der Waals surface area contributed by atoms with Crippen LogP contribution in [0.1, 0.15) is 30.1 Å². The number of hydrogen-bond donors (Lipinski definition) is 2. The van der Waals surface area contributed by atoms with Gasteiger partial charge in [0.25, 0.3) is 5.91 Å². The molecule has 2 aromatic heterocycles. The molecule has 0 aliphatic carbocycles. The molecule has 0 saturated carbocycles. The van der Waals surface area contributed by atoms with Gasteiger partial charge in [0.05, 0.1) is 16.4 Å². The van der Waals surface area contributed by atoms with Crippen molar-refractivity contribution in [2.75, 3.05) is 23.7 Å². The van der Waals surface area contributed by atoms with E-state index in [1.165, 1.54) is 6.92 Å². The standard InChI is InChI=1S/C26H24BrClN6O2/c1-16(35)30-18-8-6-17(7-9-18)26(36)33-12-10-19(11-13-33)31-24-14-23(20-4-2-3-5-22(20)28)32-25-21(27)15-29-34(24)25/h2-9,14-15,19,31H,10-13H2,1H3,(H,30,35). The molecule has 1 fully saturated rings. The smallest absolute Gasteiger partial charge is 0.253 e. The fraction of sp³-hybridized carbons (Fsp3) is 0.231. The van der Waals surface area contributed by atoms with E-state index >= 15 is 0 Å². The zero-order valence-electron chi connectivity index (χ0n) is 19.5. The number of carbonyl (C=O) groups excluding carboxylic acids is 2. The van der Waals surface area contributed by atoms with E-state index < -0.39 is 0 Å². The average molecular weight is 568 g/mol. The van der Waals surface area contributed by atoms with Gasteiger partial charge in [-0.25, -0.2) is 4.98 Å². The summed E-state index contributed by atoms with van der Waals surface area (Å²) in [5.74, 6) is 0.668. The van der Waals surface area contributed by atoms with Crippen LogP contribution >= 0.6 is 27.5 Å². The Morgan fingerprint density at radius 1 is 1.08 bits per heavy atom. The first-order valence-corrected chi connectivity index (χ1v) is 12.8. The summed E-state index contributed by atoms with van der Waals surface area (Å²) in [5, 5.41) is 11.4. The van der Waals surface area contributed by atoms with Gasteiger partial charge in [0.2, 0.25) is 5.91 Å². The van der Waals surface area contributed by atoms with Crippen molar-refractivity contribution >= 4 is 56.5 Å². The summed E-state index contributed by atoms with van der Waals surface area (Å²) in [5.41, 5.74) is 3.59. The van der Waals surface area contributed by atoms with E-state index in [9.17, 15) is 9.59 Å². The van der Waals surface area contributed by atoms with Crippen LogP contribution in [-0.2, 0) is 4.79 Å². The summed E-state index contributed by atoms with van der Waals surface area (Å²) >= 11 is 9.99. The lowest BCUT2D eigenvalue weighted by atomic mass is 10.0. The number of aromatic nitrogens is 3. The van der Waals surface area contributed by atoms with Crippen molar-refractivity contribution in [3.63, 3.8) is 0 Å². The molecular weight excluding hydrogens is 544 g/mol. The molecule has 5 rings (SSSR count). The summed E-state index contributed by atoms with van der Waals surface area (Å²) in [7, 11) is 0. The molecule has 3 heterocycles. The van der Waals surface area contributed by atoms with Crippen LogP contribution in [0.15, 0.2) is 65.3 Å². The first kappa shape index (κ1) is 24.3. The van der Waals surface area contributed by atoms with Gasteiger partial charge in [-0.15, -0.1) is 0 Å². The lowest BCUT2D eigenvalue weighted by Crippen LogP contribution is -2.42. The third kappa shape index (κ3) is 5.08. The molecule has 1 saturated heterocycles. The average Bonchev–Trinajstić information content (AvgIpc) is 3.25. The molecule has 8 nitrogen and oxygen atoms in total. The lowest BCUT2D eigenvalue weighted by molar-refractivity contribution is -0.114. The summed E-state index contributed by atoms with van der Waals surface area (Å²) in [6.45, 7) is 2.73. The topological polar surface area (TPSA) is 91.6 Å². The zero-order chi connectivity index (χ0) is 25.2. The molecule has 184 valence electrons. The number of hydrogen-bond acceptors (Lipinski definition) is 5. The zero-order valence-corrected chi connectivity index (χ0v) is 21.9. The minimum absolute atomic E-state index is 0.00820. The highest BCUT2D eigenvalue weighted by Crippen LogP contribution is 2.31. The Morgan fingerprint density at radius 2 is 1.81 bits per heavy atom. The molecule has 0 atom stereocenters. The number of anilines is 2. The number of nitrogens with one attached hydrogen (secondary N) is 2. The van der Waals surface area contributed by atoms with Crippen LogP contribution in [0.4, 0.5) is 11.5 Å². The fourth-order valence-electron chi connectivity index (χ4n) is 4.36. The van der Waals surface area contributed by atoms with Crippen LogP contribution in [0.25, 0.3) is 16.9 Å². The van der Waals surface area contributed by atoms with Crippen molar-refractivity contribution in [2.45, 2.75) is 25.8 Å². The number of carbonyl (C=O) groups is 2. The van der Waals surface area contributed by atoms with Crippen LogP contribution in [-0.4, -0.2) is 50.4 Å². The van der Waals surface area contributed by atoms with Gasteiger partial charge in [0.15, 0.2) is 5.65 Å². The quantitative estimate of drug-likeness (QED) is 0.333. The second-order valence-corrected chi connectivity index (χ2v) is 9.97. The lowest BCUT2D eigenvalue weighted by Gasteiger charge is -2.33. The predicted octanol–water partition coefficient (Wildman–Crippen LogP) is 5.49. The van der Waals surface area contributed by atoms with Gasteiger partial charge in [0.1, 0.15) is 5.82 Å². The number of nitrogens with zero attached hydrogens (tertiary/aromatic N) is 4. The van der Waals surface area contributed by atoms with Gasteiger partial charge < -0.3 is 15.5 Å². The highest BCUT2D eigenvalue weighted by atomic mass is 79.9. The third-order valence-electron chi connectivity index (χ3n) is 6.16. The van der Waals surface area contributed by atoms with Crippen molar-refractivity contribution in [3.8, 4) is 11.3 Å². The largest absolute Gasteiger partial charge is 0.367 e. The van der Waals surface area contributed by atoms with E-state index in [1.807, 2.05) is 35.2 Å². The van der Waals surface area contributed by atoms with E-state index in [0.717, 1.165) is 34.4 Å². The predicted molar refractivity (Wildman–Crippen MR) is 144 cm³/mol. The van der Waals surface area contributed by atoms with E-state index in [-0.39, 0.29) is 17.9 Å². The second-order valence-electron chi connectivity index (χ2n) is 8.70. The minimum atomic E-state index is -0.142. The Bertz CT molecular complexity index is 1430. The van der Waals surface area contributed by atoms with Crippen LogP contribution in [0.2, 0.25) is 5.02 Å². The van der Waals surface area contributed by atoms with Crippen LogP contribution < -0.4 is 10.6 Å². The molecule has 2 aromatic carbocycles. The molecule has 36 heavy (non-hydrogen) atoms. The molecule has 0 spiro atoms. The first-order valence-electron chi connectivity index (χ1n) is 11.6. The fourth-order valence-corrected chi connectivity index (χ4v) is 4.94. The second kappa shape index (κ2) is 10.3. The number of halogens is 2. The maximum atomic E-state index is 13.0. The van der Waals surface area contributed by atoms with Crippen LogP contribution in [0.3, 0.4) is 0 Å². The minimum Gasteiger partial charge on any atom is -0.367 e. The molecule has 2 N–H and O–H groups in total. The summed E-state index contributed by atoms with van der Waals surface area (Å²) in [6, 6.07) is 16.7. The first-order chi connectivity index (χ1) is 17.4. The maximum absolute atomic E-state index is 13.0. The van der Waals surface area contributed by atoms with E-state index in [1.54, 1.807) is 35.0 Å². The number of fused-ring (bicyclic) bond motifs is 1. The van der Waals surface area contributed by atoms with Gasteiger partial charge in [-0.05, 0) is 59.1 Å². The van der Waals surface area contributed by atoms with E-state index in [0.29, 0.717) is 35.0 Å². The highest BCUT2D eigenvalue weighted by molar-refractivity contribution is 9.10. The van der Waals surface area contributed by atoms with Gasteiger partial charge in [-0.3, -0.25) is 9.59 Å². The molecule has 1 aliphatic heterocycles. The summed E-state index contributed by atoms with van der Waals surface area (Å²) < 4.78 is 2.57. The van der Waals surface area contributed by atoms with Gasteiger partial charge in [0, 0.05) is 54.0 Å². The van der Waals surface area contributed by atoms with Crippen molar-refractivity contribution < 1.29 is 9.59 Å². The van der Waals surface area contributed by atoms with Crippen molar-refractivity contribution in [3.05, 3.63) is 75.9 Å². The van der Waals surface area contributed by atoms with Crippen LogP contribution in [0.5, 0.6) is 0 Å². The molecule has 0 radical (unpaired) electrons. The molecule has 10 heteroatoms. The highest BCUT2D eigenvalue weighted by Gasteiger charge is 2.25. The summed E-state index contributed by atoms with van der Waals surface area (Å²) in [6.07, 6.45) is 3.31. The van der Waals surface area contributed by atoms with Crippen molar-refractivity contribution in [2.24, 2.45) is 0 Å². The molecule has 0 bridgehead atoms. The van der Waals surface area contributed by atoms with E-state index in [4.69, 9.17) is 16.6 Å². The molecular formula is C26H24BrClN6O2. The normalized spacial score (nSPS) is 14.1. The number of rotatable bonds is 5. The Morgan fingerprint density at radius 3 is 2.50 bits per heavy atom. The number of likely N-dealkylation sites (tertiary alicyclic amines) is 1. The van der Waals surface area contributed by atoms with Crippen molar-refractivity contribution in [1.82, 2.24) is 19.5 Å². The Labute approximate surface area is 221 Å². The van der Waals surface area contributed by atoms with E-state index in [2.05, 4.69) is 31.7 Å². The molecule has 2 amide bonds. The molecule has 4 aromatic rings. The molecule has 0 unspecified atom stereocenters. The molecule has 1 aliphatic rings. The van der Waals surface area contributed by atoms with Gasteiger partial charge >= 0.3 is 0 Å². The van der Waals surface area contributed by atoms with Crippen LogP contribution in [0, 0.1) is 0 Å². The summed E-state index contributed by atoms with van der Waals surface area (Å²) in [4.78, 5) is 30.8. The Balaban J connectivity index is 1.29.